The third kappa shape index (κ3) is 3.61. The summed E-state index contributed by atoms with van der Waals surface area (Å²) in [5.74, 6) is -0.238. The van der Waals surface area contributed by atoms with Gasteiger partial charge in [0.05, 0.1) is 6.54 Å². The number of ketones is 1. The number of aryl methyl sites for hydroxylation is 1. The van der Waals surface area contributed by atoms with Crippen LogP contribution in [0.1, 0.15) is 18.1 Å². The van der Waals surface area contributed by atoms with Crippen molar-refractivity contribution in [3.05, 3.63) is 34.1 Å². The van der Waals surface area contributed by atoms with Crippen molar-refractivity contribution in [1.29, 1.82) is 0 Å². The van der Waals surface area contributed by atoms with Crippen LogP contribution in [0.4, 0.5) is 4.39 Å². The number of benzene rings is 1. The van der Waals surface area contributed by atoms with E-state index in [2.05, 4.69) is 5.32 Å². The van der Waals surface area contributed by atoms with Crippen molar-refractivity contribution in [2.75, 3.05) is 6.54 Å². The summed E-state index contributed by atoms with van der Waals surface area (Å²) in [4.78, 5) is 10.7. The van der Waals surface area contributed by atoms with Crippen LogP contribution in [0.2, 0.25) is 5.02 Å². The van der Waals surface area contributed by atoms with E-state index < -0.39 is 0 Å². The number of Topliss-reactive ketones (excluding diaryl/α,β-unsaturated/α-hetero) is 1. The van der Waals surface area contributed by atoms with Gasteiger partial charge in [0.15, 0.2) is 0 Å². The molecule has 0 aliphatic carbocycles. The molecule has 1 aromatic rings. The van der Waals surface area contributed by atoms with E-state index >= 15 is 0 Å². The highest BCUT2D eigenvalue weighted by Gasteiger charge is 2.05. The van der Waals surface area contributed by atoms with E-state index in [1.165, 1.54) is 13.0 Å². The van der Waals surface area contributed by atoms with E-state index in [4.69, 9.17) is 11.6 Å². The van der Waals surface area contributed by atoms with Gasteiger partial charge in [-0.15, -0.1) is 0 Å². The molecule has 0 aliphatic rings. The minimum atomic E-state index is -0.279. The van der Waals surface area contributed by atoms with Gasteiger partial charge in [0, 0.05) is 11.6 Å². The summed E-state index contributed by atoms with van der Waals surface area (Å²) in [6.07, 6.45) is 0. The molecule has 0 radical (unpaired) electrons. The number of nitrogens with one attached hydrogen (secondary N) is 1. The van der Waals surface area contributed by atoms with Gasteiger partial charge in [0.25, 0.3) is 0 Å². The summed E-state index contributed by atoms with van der Waals surface area (Å²) in [5.41, 5.74) is 1.19. The zero-order valence-electron chi connectivity index (χ0n) is 8.73. The predicted molar refractivity (Wildman–Crippen MR) is 58.5 cm³/mol. The highest BCUT2D eigenvalue weighted by molar-refractivity contribution is 6.31. The molecule has 0 spiro atoms. The number of halogens is 2. The second-order valence-corrected chi connectivity index (χ2v) is 3.91. The van der Waals surface area contributed by atoms with Crippen molar-refractivity contribution in [2.45, 2.75) is 20.4 Å². The van der Waals surface area contributed by atoms with Crippen LogP contribution in [0.15, 0.2) is 12.1 Å². The summed E-state index contributed by atoms with van der Waals surface area (Å²) in [7, 11) is 0. The fourth-order valence-corrected chi connectivity index (χ4v) is 1.48. The molecular weight excluding hydrogens is 217 g/mol. The molecule has 0 saturated carbocycles. The average Bonchev–Trinajstić information content (AvgIpc) is 2.13. The minimum absolute atomic E-state index is 0.0405. The van der Waals surface area contributed by atoms with Crippen molar-refractivity contribution >= 4 is 17.4 Å². The van der Waals surface area contributed by atoms with Gasteiger partial charge < -0.3 is 5.32 Å². The smallest absolute Gasteiger partial charge is 0.143 e. The summed E-state index contributed by atoms with van der Waals surface area (Å²) < 4.78 is 13.2. The van der Waals surface area contributed by atoms with E-state index in [-0.39, 0.29) is 18.1 Å². The molecule has 0 heterocycles. The maximum Gasteiger partial charge on any atom is 0.143 e. The van der Waals surface area contributed by atoms with Crippen molar-refractivity contribution in [3.8, 4) is 0 Å². The third-order valence-electron chi connectivity index (χ3n) is 2.02. The molecule has 0 aromatic heterocycles. The fraction of sp³-hybridized carbons (Fsp3) is 0.364. The Morgan fingerprint density at radius 3 is 2.80 bits per heavy atom. The lowest BCUT2D eigenvalue weighted by Gasteiger charge is -2.07. The van der Waals surface area contributed by atoms with E-state index in [0.717, 1.165) is 0 Å². The lowest BCUT2D eigenvalue weighted by Crippen LogP contribution is -2.20. The molecule has 1 N–H and O–H groups in total. The zero-order chi connectivity index (χ0) is 11.4. The fourth-order valence-electron chi connectivity index (χ4n) is 1.20. The first kappa shape index (κ1) is 12.1. The molecule has 1 rings (SSSR count). The van der Waals surface area contributed by atoms with Gasteiger partial charge in [-0.2, -0.15) is 0 Å². The normalized spacial score (nSPS) is 10.4. The predicted octanol–water partition coefficient (Wildman–Crippen LogP) is 2.47. The van der Waals surface area contributed by atoms with E-state index in [1.54, 1.807) is 13.0 Å². The largest absolute Gasteiger partial charge is 0.306 e. The summed E-state index contributed by atoms with van der Waals surface area (Å²) >= 11 is 5.93. The molecule has 0 saturated heterocycles. The SMILES string of the molecule is CC(=O)CNCc1cc(F)c(C)cc1Cl. The Bertz CT molecular complexity index is 379. The number of rotatable bonds is 4. The number of carbonyl (C=O) groups excluding carboxylic acids is 1. The second kappa shape index (κ2) is 5.24. The maximum absolute atomic E-state index is 13.2. The van der Waals surface area contributed by atoms with Crippen LogP contribution >= 0.6 is 11.6 Å². The lowest BCUT2D eigenvalue weighted by molar-refractivity contribution is -0.116. The lowest BCUT2D eigenvalue weighted by atomic mass is 10.1. The molecule has 1 aromatic carbocycles. The van der Waals surface area contributed by atoms with E-state index in [9.17, 15) is 9.18 Å². The molecular formula is C11H13ClFNO. The number of hydrogen-bond acceptors (Lipinski definition) is 2. The monoisotopic (exact) mass is 229 g/mol. The van der Waals surface area contributed by atoms with E-state index in [1.807, 2.05) is 0 Å². The quantitative estimate of drug-likeness (QED) is 0.860. The molecule has 4 heteroatoms. The molecule has 0 fully saturated rings. The molecule has 0 aliphatic heterocycles. The Morgan fingerprint density at radius 2 is 2.20 bits per heavy atom. The van der Waals surface area contributed by atoms with Crippen LogP contribution in [0.25, 0.3) is 0 Å². The van der Waals surface area contributed by atoms with Gasteiger partial charge in [-0.1, -0.05) is 11.6 Å². The van der Waals surface area contributed by atoms with Crippen molar-refractivity contribution in [1.82, 2.24) is 5.32 Å². The van der Waals surface area contributed by atoms with Gasteiger partial charge in [-0.05, 0) is 37.1 Å². The summed E-state index contributed by atoms with van der Waals surface area (Å²) in [5, 5.41) is 3.41. The van der Waals surface area contributed by atoms with Gasteiger partial charge in [0.2, 0.25) is 0 Å². The van der Waals surface area contributed by atoms with Crippen LogP contribution in [0.3, 0.4) is 0 Å². The Morgan fingerprint density at radius 1 is 1.53 bits per heavy atom. The zero-order valence-corrected chi connectivity index (χ0v) is 9.49. The molecule has 0 unspecified atom stereocenters. The third-order valence-corrected chi connectivity index (χ3v) is 2.37. The van der Waals surface area contributed by atoms with Gasteiger partial charge >= 0.3 is 0 Å². The van der Waals surface area contributed by atoms with Crippen molar-refractivity contribution in [2.24, 2.45) is 0 Å². The highest BCUT2D eigenvalue weighted by atomic mass is 35.5. The van der Waals surface area contributed by atoms with Crippen LogP contribution in [0.5, 0.6) is 0 Å². The Labute approximate surface area is 93.4 Å². The topological polar surface area (TPSA) is 29.1 Å². The second-order valence-electron chi connectivity index (χ2n) is 3.50. The Kier molecular flexibility index (Phi) is 4.24. The van der Waals surface area contributed by atoms with Crippen molar-refractivity contribution < 1.29 is 9.18 Å². The van der Waals surface area contributed by atoms with Crippen LogP contribution in [0, 0.1) is 12.7 Å². The first-order valence-corrected chi connectivity index (χ1v) is 5.03. The molecule has 82 valence electrons. The molecule has 15 heavy (non-hydrogen) atoms. The number of hydrogen-bond donors (Lipinski definition) is 1. The van der Waals surface area contributed by atoms with Gasteiger partial charge in [-0.25, -0.2) is 4.39 Å². The Hall–Kier alpha value is -0.930. The van der Waals surface area contributed by atoms with Gasteiger partial charge in [0.1, 0.15) is 11.6 Å². The first-order valence-electron chi connectivity index (χ1n) is 4.65. The van der Waals surface area contributed by atoms with Crippen LogP contribution in [-0.2, 0) is 11.3 Å². The maximum atomic E-state index is 13.2. The molecule has 0 amide bonds. The van der Waals surface area contributed by atoms with Gasteiger partial charge in [-0.3, -0.25) is 4.79 Å². The van der Waals surface area contributed by atoms with Crippen molar-refractivity contribution in [3.63, 3.8) is 0 Å². The summed E-state index contributed by atoms with van der Waals surface area (Å²) in [6, 6.07) is 2.98. The van der Waals surface area contributed by atoms with E-state index in [0.29, 0.717) is 22.7 Å². The molecule has 0 atom stereocenters. The minimum Gasteiger partial charge on any atom is -0.306 e. The average molecular weight is 230 g/mol. The first-order chi connectivity index (χ1) is 7.00. The molecule has 2 nitrogen and oxygen atoms in total. The Balaban J connectivity index is 2.69. The van der Waals surface area contributed by atoms with Crippen LogP contribution < -0.4 is 5.32 Å². The standard InChI is InChI=1S/C11H13ClFNO/c1-7-3-10(12)9(4-11(7)13)6-14-5-8(2)15/h3-4,14H,5-6H2,1-2H3. The summed E-state index contributed by atoms with van der Waals surface area (Å²) in [6.45, 7) is 3.82. The number of carbonyl (C=O) groups is 1. The highest BCUT2D eigenvalue weighted by Crippen LogP contribution is 2.20. The molecule has 0 bridgehead atoms. The van der Waals surface area contributed by atoms with Crippen LogP contribution in [-0.4, -0.2) is 12.3 Å².